The molecule has 1 heterocycles. The topological polar surface area (TPSA) is 116 Å². The van der Waals surface area contributed by atoms with Crippen LogP contribution in [0.15, 0.2) is 40.5 Å². The van der Waals surface area contributed by atoms with Crippen molar-refractivity contribution in [2.24, 2.45) is 10.7 Å². The molecule has 1 aliphatic heterocycles. The van der Waals surface area contributed by atoms with Gasteiger partial charge in [0.15, 0.2) is 0 Å². The second-order valence-corrected chi connectivity index (χ2v) is 8.08. The maximum absolute atomic E-state index is 13.5. The molecule has 8 nitrogen and oxygen atoms in total. The van der Waals surface area contributed by atoms with Crippen molar-refractivity contribution < 1.29 is 22.7 Å². The number of likely N-dealkylation sites (N-methyl/N-ethyl adjacent to an activating group) is 1. The van der Waals surface area contributed by atoms with E-state index in [-0.39, 0.29) is 18.3 Å². The van der Waals surface area contributed by atoms with Crippen molar-refractivity contribution >= 4 is 17.3 Å². The van der Waals surface area contributed by atoms with Gasteiger partial charge >= 0.3 is 6.18 Å². The third-order valence-electron chi connectivity index (χ3n) is 5.56. The molecule has 1 amide bonds. The standard InChI is InChI=1S/C23H33F3N6O2/c1-15(27)19(21(28)23(24,25)26)20(31-17-8-11-32(12-9-17)13-10-29-2)22(33)30-14-16-6-4-5-7-18(16)34-3/h4-7,17,28-29H,8-14,27H2,1-3H3,(H,30,33)/b19-15+,28-21?,31-20?. The third-order valence-corrected chi connectivity index (χ3v) is 5.56. The number of aliphatic imine (C=N–C) groups is 1. The number of halogens is 3. The van der Waals surface area contributed by atoms with Crippen molar-refractivity contribution in [1.82, 2.24) is 15.5 Å². The first kappa shape index (κ1) is 27.3. The largest absolute Gasteiger partial charge is 0.496 e. The van der Waals surface area contributed by atoms with Crippen LogP contribution in [0.25, 0.3) is 0 Å². The predicted octanol–water partition coefficient (Wildman–Crippen LogP) is 2.25. The molecular weight excluding hydrogens is 449 g/mol. The normalized spacial score (nSPS) is 16.7. The quantitative estimate of drug-likeness (QED) is 0.382. The van der Waals surface area contributed by atoms with Gasteiger partial charge in [0.2, 0.25) is 0 Å². The number of carbonyl (C=O) groups is 1. The van der Waals surface area contributed by atoms with Gasteiger partial charge < -0.3 is 26.0 Å². The summed E-state index contributed by atoms with van der Waals surface area (Å²) >= 11 is 0. The van der Waals surface area contributed by atoms with E-state index >= 15 is 0 Å². The van der Waals surface area contributed by atoms with E-state index in [4.69, 9.17) is 15.9 Å². The number of nitrogens with zero attached hydrogens (tertiary/aromatic N) is 2. The Bertz CT molecular complexity index is 918. The van der Waals surface area contributed by atoms with Crippen molar-refractivity contribution in [2.75, 3.05) is 40.3 Å². The molecule has 34 heavy (non-hydrogen) atoms. The van der Waals surface area contributed by atoms with Crippen LogP contribution in [0.2, 0.25) is 0 Å². The summed E-state index contributed by atoms with van der Waals surface area (Å²) in [5, 5.41) is 13.4. The molecule has 1 aromatic carbocycles. The zero-order valence-electron chi connectivity index (χ0n) is 19.8. The predicted molar refractivity (Wildman–Crippen MR) is 126 cm³/mol. The highest BCUT2D eigenvalue weighted by Gasteiger charge is 2.40. The average molecular weight is 483 g/mol. The Morgan fingerprint density at radius 3 is 2.50 bits per heavy atom. The highest BCUT2D eigenvalue weighted by Crippen LogP contribution is 2.25. The fraction of sp³-hybridized carbons (Fsp3) is 0.522. The van der Waals surface area contributed by atoms with Crippen LogP contribution < -0.4 is 21.1 Å². The molecule has 11 heteroatoms. The molecular formula is C23H33F3N6O2. The minimum atomic E-state index is -4.98. The number of hydrogen-bond acceptors (Lipinski definition) is 7. The summed E-state index contributed by atoms with van der Waals surface area (Å²) in [5.41, 5.74) is 3.26. The van der Waals surface area contributed by atoms with Gasteiger partial charge in [-0.25, -0.2) is 0 Å². The number of carbonyl (C=O) groups excluding carboxylic acids is 1. The van der Waals surface area contributed by atoms with Crippen LogP contribution in [-0.2, 0) is 11.3 Å². The van der Waals surface area contributed by atoms with Crippen LogP contribution in [0.4, 0.5) is 13.2 Å². The number of hydrogen-bond donors (Lipinski definition) is 4. The Kier molecular flexibility index (Phi) is 10.1. The second kappa shape index (κ2) is 12.5. The number of piperidine rings is 1. The SMILES string of the molecule is CNCCN1CCC(N=C(C(=O)NCc2ccccc2OC)/C(C(=N)C(F)(F)F)=C(/C)N)CC1. The molecule has 0 spiro atoms. The molecule has 0 aromatic heterocycles. The van der Waals surface area contributed by atoms with Gasteiger partial charge in [-0.15, -0.1) is 0 Å². The molecule has 1 aliphatic rings. The zero-order chi connectivity index (χ0) is 25.3. The summed E-state index contributed by atoms with van der Waals surface area (Å²) in [5.74, 6) is -0.290. The number of benzene rings is 1. The first-order chi connectivity index (χ1) is 16.1. The molecule has 0 bridgehead atoms. The summed E-state index contributed by atoms with van der Waals surface area (Å²) in [4.78, 5) is 19.8. The molecule has 5 N–H and O–H groups in total. The lowest BCUT2D eigenvalue weighted by Crippen LogP contribution is -2.41. The van der Waals surface area contributed by atoms with Crippen LogP contribution >= 0.6 is 0 Å². The molecule has 0 radical (unpaired) electrons. The van der Waals surface area contributed by atoms with Crippen molar-refractivity contribution in [3.8, 4) is 5.75 Å². The smallest absolute Gasteiger partial charge is 0.433 e. The summed E-state index contributed by atoms with van der Waals surface area (Å²) in [6.45, 7) is 4.35. The zero-order valence-corrected chi connectivity index (χ0v) is 19.8. The number of allylic oxidation sites excluding steroid dienone is 1. The van der Waals surface area contributed by atoms with E-state index in [1.54, 1.807) is 24.3 Å². The molecule has 0 saturated carbocycles. The summed E-state index contributed by atoms with van der Waals surface area (Å²) in [6, 6.07) is 6.62. The lowest BCUT2D eigenvalue weighted by Gasteiger charge is -2.30. The lowest BCUT2D eigenvalue weighted by atomic mass is 9.99. The minimum absolute atomic E-state index is 0.0145. The van der Waals surface area contributed by atoms with Crippen LogP contribution in [-0.4, -0.2) is 74.8 Å². The minimum Gasteiger partial charge on any atom is -0.496 e. The number of nitrogens with one attached hydrogen (secondary N) is 3. The Morgan fingerprint density at radius 2 is 1.94 bits per heavy atom. The Hall–Kier alpha value is -2.92. The first-order valence-electron chi connectivity index (χ1n) is 11.1. The fourth-order valence-corrected chi connectivity index (χ4v) is 3.71. The van der Waals surface area contributed by atoms with E-state index < -0.39 is 29.1 Å². The van der Waals surface area contributed by atoms with Crippen molar-refractivity contribution in [1.29, 1.82) is 5.41 Å². The van der Waals surface area contributed by atoms with Crippen molar-refractivity contribution in [3.63, 3.8) is 0 Å². The monoisotopic (exact) mass is 482 g/mol. The van der Waals surface area contributed by atoms with Gasteiger partial charge in [-0.2, -0.15) is 13.2 Å². The van der Waals surface area contributed by atoms with Gasteiger partial charge in [0, 0.05) is 44.0 Å². The van der Waals surface area contributed by atoms with Gasteiger partial charge in [0.05, 0.1) is 18.7 Å². The van der Waals surface area contributed by atoms with E-state index in [0.717, 1.165) is 13.1 Å². The fourth-order valence-electron chi connectivity index (χ4n) is 3.71. The number of amides is 1. The third kappa shape index (κ3) is 7.56. The number of ether oxygens (including phenoxy) is 1. The Balaban J connectivity index is 2.31. The summed E-state index contributed by atoms with van der Waals surface area (Å²) in [6.07, 6.45) is -3.80. The number of likely N-dealkylation sites (tertiary alicyclic amines) is 1. The van der Waals surface area contributed by atoms with Crippen LogP contribution in [0.5, 0.6) is 5.75 Å². The molecule has 0 unspecified atom stereocenters. The maximum atomic E-state index is 13.5. The van der Waals surface area contributed by atoms with Crippen molar-refractivity contribution in [2.45, 2.75) is 38.5 Å². The lowest BCUT2D eigenvalue weighted by molar-refractivity contribution is -0.114. The van der Waals surface area contributed by atoms with Crippen molar-refractivity contribution in [3.05, 3.63) is 41.1 Å². The number of rotatable bonds is 10. The first-order valence-corrected chi connectivity index (χ1v) is 11.1. The molecule has 2 rings (SSSR count). The number of nitrogens with two attached hydrogens (primary N) is 1. The highest BCUT2D eigenvalue weighted by atomic mass is 19.4. The number of para-hydroxylation sites is 1. The molecule has 0 atom stereocenters. The maximum Gasteiger partial charge on any atom is 0.433 e. The van der Waals surface area contributed by atoms with Crippen LogP contribution in [0.1, 0.15) is 25.3 Å². The van der Waals surface area contributed by atoms with Gasteiger partial charge in [-0.1, -0.05) is 18.2 Å². The van der Waals surface area contributed by atoms with E-state index in [1.807, 2.05) is 7.05 Å². The molecule has 1 aromatic rings. The van der Waals surface area contributed by atoms with Gasteiger partial charge in [0.25, 0.3) is 5.91 Å². The van der Waals surface area contributed by atoms with E-state index in [0.29, 0.717) is 37.2 Å². The van der Waals surface area contributed by atoms with E-state index in [1.165, 1.54) is 14.0 Å². The number of alkyl halides is 3. The molecule has 188 valence electrons. The number of methoxy groups -OCH3 is 1. The molecule has 0 aliphatic carbocycles. The Morgan fingerprint density at radius 1 is 1.29 bits per heavy atom. The van der Waals surface area contributed by atoms with Crippen LogP contribution in [0, 0.1) is 5.41 Å². The van der Waals surface area contributed by atoms with Crippen LogP contribution in [0.3, 0.4) is 0 Å². The van der Waals surface area contributed by atoms with E-state index in [2.05, 4.69) is 20.5 Å². The van der Waals surface area contributed by atoms with Gasteiger partial charge in [0.1, 0.15) is 17.2 Å². The van der Waals surface area contributed by atoms with Gasteiger partial charge in [-0.3, -0.25) is 15.2 Å². The summed E-state index contributed by atoms with van der Waals surface area (Å²) in [7, 11) is 3.35. The summed E-state index contributed by atoms with van der Waals surface area (Å²) < 4.78 is 45.6. The Labute approximate surface area is 197 Å². The second-order valence-electron chi connectivity index (χ2n) is 8.08. The molecule has 1 saturated heterocycles. The highest BCUT2D eigenvalue weighted by molar-refractivity contribution is 6.52. The average Bonchev–Trinajstić information content (AvgIpc) is 2.80. The van der Waals surface area contributed by atoms with Gasteiger partial charge in [-0.05, 0) is 32.9 Å². The molecule has 1 fully saturated rings. The van der Waals surface area contributed by atoms with E-state index in [9.17, 15) is 18.0 Å².